The number of nitrogens with one attached hydrogen (secondary N) is 1. The number of hydrogen-bond donors (Lipinski definition) is 1. The van der Waals surface area contributed by atoms with Crippen LogP contribution >= 0.6 is 0 Å². The third-order valence-electron chi connectivity index (χ3n) is 4.23. The van der Waals surface area contributed by atoms with Crippen molar-refractivity contribution in [1.29, 1.82) is 0 Å². The van der Waals surface area contributed by atoms with Gasteiger partial charge in [0.25, 0.3) is 5.91 Å². The molecule has 2 aromatic carbocycles. The molecule has 8 nitrogen and oxygen atoms in total. The Kier molecular flexibility index (Phi) is 5.24. The van der Waals surface area contributed by atoms with Crippen molar-refractivity contribution in [1.82, 2.24) is 25.6 Å². The molecule has 0 spiro atoms. The summed E-state index contributed by atoms with van der Waals surface area (Å²) >= 11 is 0. The molecule has 0 atom stereocenters. The fourth-order valence-electron chi connectivity index (χ4n) is 2.68. The number of aromatic nitrogens is 4. The van der Waals surface area contributed by atoms with Gasteiger partial charge in [-0.05, 0) is 42.0 Å². The van der Waals surface area contributed by atoms with Crippen LogP contribution in [-0.4, -0.2) is 31.8 Å². The molecule has 1 N–H and O–H groups in total. The van der Waals surface area contributed by atoms with Gasteiger partial charge in [0.1, 0.15) is 11.5 Å². The number of nitrogens with zero attached hydrogens (tertiary/aromatic N) is 5. The number of furan rings is 1. The predicted octanol–water partition coefficient (Wildman–Crippen LogP) is 3.14. The number of amides is 1. The summed E-state index contributed by atoms with van der Waals surface area (Å²) in [5.41, 5.74) is 5.48. The van der Waals surface area contributed by atoms with E-state index in [2.05, 4.69) is 25.9 Å². The molecular formula is C21H18N6O2. The molecule has 8 heteroatoms. The zero-order valence-corrected chi connectivity index (χ0v) is 15.7. The molecule has 0 unspecified atom stereocenters. The maximum absolute atomic E-state index is 12.3. The highest BCUT2D eigenvalue weighted by Gasteiger charge is 2.08. The quantitative estimate of drug-likeness (QED) is 0.405. The molecule has 2 aromatic heterocycles. The second kappa shape index (κ2) is 8.30. The molecule has 0 fully saturated rings. The number of hydrazone groups is 1. The van der Waals surface area contributed by atoms with E-state index in [4.69, 9.17) is 4.42 Å². The van der Waals surface area contributed by atoms with E-state index < -0.39 is 0 Å². The van der Waals surface area contributed by atoms with Crippen LogP contribution in [0.1, 0.15) is 28.6 Å². The molecule has 0 saturated heterocycles. The Hall–Kier alpha value is -4.07. The van der Waals surface area contributed by atoms with Crippen LogP contribution in [0.4, 0.5) is 0 Å². The Labute approximate surface area is 166 Å². The number of rotatable bonds is 6. The molecule has 4 rings (SSSR count). The lowest BCUT2D eigenvalue weighted by molar-refractivity contribution is 0.0955. The van der Waals surface area contributed by atoms with Crippen molar-refractivity contribution in [3.05, 3.63) is 89.9 Å². The fourth-order valence-corrected chi connectivity index (χ4v) is 2.68. The number of tetrazole rings is 1. The normalized spacial score (nSPS) is 11.4. The van der Waals surface area contributed by atoms with Gasteiger partial charge in [-0.3, -0.25) is 4.79 Å². The Morgan fingerprint density at radius 1 is 1.07 bits per heavy atom. The van der Waals surface area contributed by atoms with Gasteiger partial charge in [0.05, 0.1) is 12.8 Å². The van der Waals surface area contributed by atoms with Gasteiger partial charge < -0.3 is 4.42 Å². The van der Waals surface area contributed by atoms with E-state index in [1.807, 2.05) is 42.5 Å². The van der Waals surface area contributed by atoms with E-state index in [0.717, 1.165) is 11.1 Å². The van der Waals surface area contributed by atoms with Crippen LogP contribution in [-0.2, 0) is 6.54 Å². The molecule has 0 aliphatic carbocycles. The number of carbonyl (C=O) groups is 1. The number of carbonyl (C=O) groups excluding carboxylic acids is 1. The van der Waals surface area contributed by atoms with Crippen LogP contribution in [0, 0.1) is 0 Å². The van der Waals surface area contributed by atoms with Crippen LogP contribution in [0.3, 0.4) is 0 Å². The maximum Gasteiger partial charge on any atom is 0.271 e. The van der Waals surface area contributed by atoms with Gasteiger partial charge >= 0.3 is 0 Å². The van der Waals surface area contributed by atoms with E-state index in [0.29, 0.717) is 29.4 Å². The molecule has 0 aliphatic rings. The lowest BCUT2D eigenvalue weighted by Crippen LogP contribution is -2.19. The molecule has 1 amide bonds. The summed E-state index contributed by atoms with van der Waals surface area (Å²) in [6, 6.07) is 20.4. The topological polar surface area (TPSA) is 98.2 Å². The largest absolute Gasteiger partial charge is 0.463 e. The maximum atomic E-state index is 12.3. The minimum Gasteiger partial charge on any atom is -0.463 e. The minimum atomic E-state index is -0.298. The van der Waals surface area contributed by atoms with Gasteiger partial charge in [-0.2, -0.15) is 9.90 Å². The SMILES string of the molecule is C/C(=N/NC(=O)c1ccc(Cn2nnc(-c3ccccc3)n2)cc1)c1ccco1. The van der Waals surface area contributed by atoms with Gasteiger partial charge in [-0.25, -0.2) is 5.43 Å². The Bertz CT molecular complexity index is 1120. The van der Waals surface area contributed by atoms with E-state index in [9.17, 15) is 4.79 Å². The summed E-state index contributed by atoms with van der Waals surface area (Å²) in [6.07, 6.45) is 1.56. The minimum absolute atomic E-state index is 0.298. The van der Waals surface area contributed by atoms with E-state index in [-0.39, 0.29) is 5.91 Å². The summed E-state index contributed by atoms with van der Waals surface area (Å²) in [6.45, 7) is 2.22. The molecule has 0 bridgehead atoms. The van der Waals surface area contributed by atoms with Crippen molar-refractivity contribution in [2.45, 2.75) is 13.5 Å². The predicted molar refractivity (Wildman–Crippen MR) is 107 cm³/mol. The van der Waals surface area contributed by atoms with Crippen molar-refractivity contribution >= 4 is 11.6 Å². The molecule has 2 heterocycles. The van der Waals surface area contributed by atoms with Gasteiger partial charge in [0.15, 0.2) is 0 Å². The van der Waals surface area contributed by atoms with Crippen LogP contribution in [0.25, 0.3) is 11.4 Å². The Morgan fingerprint density at radius 3 is 2.59 bits per heavy atom. The first-order valence-corrected chi connectivity index (χ1v) is 9.00. The third kappa shape index (κ3) is 4.44. The molecular weight excluding hydrogens is 368 g/mol. The van der Waals surface area contributed by atoms with Crippen molar-refractivity contribution < 1.29 is 9.21 Å². The van der Waals surface area contributed by atoms with Crippen LogP contribution in [0.5, 0.6) is 0 Å². The zero-order valence-electron chi connectivity index (χ0n) is 15.7. The second-order valence-corrected chi connectivity index (χ2v) is 6.32. The van der Waals surface area contributed by atoms with Gasteiger partial charge in [0.2, 0.25) is 5.82 Å². The molecule has 144 valence electrons. The third-order valence-corrected chi connectivity index (χ3v) is 4.23. The molecule has 29 heavy (non-hydrogen) atoms. The molecule has 0 aliphatic heterocycles. The summed E-state index contributed by atoms with van der Waals surface area (Å²) in [4.78, 5) is 13.8. The molecule has 0 saturated carbocycles. The highest BCUT2D eigenvalue weighted by Crippen LogP contribution is 2.12. The monoisotopic (exact) mass is 386 g/mol. The van der Waals surface area contributed by atoms with Crippen molar-refractivity contribution in [3.8, 4) is 11.4 Å². The first-order chi connectivity index (χ1) is 14.2. The summed E-state index contributed by atoms with van der Waals surface area (Å²) in [5.74, 6) is 0.884. The zero-order chi connectivity index (χ0) is 20.1. The average molecular weight is 386 g/mol. The summed E-state index contributed by atoms with van der Waals surface area (Å²) in [5, 5.41) is 16.6. The highest BCUT2D eigenvalue weighted by atomic mass is 16.3. The smallest absolute Gasteiger partial charge is 0.271 e. The molecule has 0 radical (unpaired) electrons. The standard InChI is InChI=1S/C21H18N6O2/c1-15(19-8-5-13-29-19)22-24-21(28)18-11-9-16(10-12-18)14-27-25-20(23-26-27)17-6-3-2-4-7-17/h2-13H,14H2,1H3,(H,24,28)/b22-15-. The van der Waals surface area contributed by atoms with E-state index in [1.165, 1.54) is 4.80 Å². The fraction of sp³-hybridized carbons (Fsp3) is 0.0952. The highest BCUT2D eigenvalue weighted by molar-refractivity contribution is 5.99. The first-order valence-electron chi connectivity index (χ1n) is 9.00. The number of hydrogen-bond acceptors (Lipinski definition) is 6. The lowest BCUT2D eigenvalue weighted by atomic mass is 10.1. The summed E-state index contributed by atoms with van der Waals surface area (Å²) in [7, 11) is 0. The van der Waals surface area contributed by atoms with Gasteiger partial charge in [-0.1, -0.05) is 42.5 Å². The van der Waals surface area contributed by atoms with Crippen molar-refractivity contribution in [3.63, 3.8) is 0 Å². The van der Waals surface area contributed by atoms with Crippen LogP contribution < -0.4 is 5.43 Å². The van der Waals surface area contributed by atoms with Crippen LogP contribution in [0.15, 0.2) is 82.5 Å². The molecule has 4 aromatic rings. The Morgan fingerprint density at radius 2 is 1.86 bits per heavy atom. The van der Waals surface area contributed by atoms with Gasteiger partial charge in [-0.15, -0.1) is 10.2 Å². The number of benzene rings is 2. The Balaban J connectivity index is 1.38. The van der Waals surface area contributed by atoms with E-state index >= 15 is 0 Å². The first kappa shape index (κ1) is 18.3. The van der Waals surface area contributed by atoms with Crippen LogP contribution in [0.2, 0.25) is 0 Å². The van der Waals surface area contributed by atoms with Gasteiger partial charge in [0, 0.05) is 11.1 Å². The summed E-state index contributed by atoms with van der Waals surface area (Å²) < 4.78 is 5.23. The van der Waals surface area contributed by atoms with Crippen molar-refractivity contribution in [2.75, 3.05) is 0 Å². The van der Waals surface area contributed by atoms with E-state index in [1.54, 1.807) is 37.5 Å². The second-order valence-electron chi connectivity index (χ2n) is 6.32. The lowest BCUT2D eigenvalue weighted by Gasteiger charge is -2.03. The average Bonchev–Trinajstić information content (AvgIpc) is 3.45. The van der Waals surface area contributed by atoms with Crippen molar-refractivity contribution in [2.24, 2.45) is 5.10 Å².